The second-order valence-electron chi connectivity index (χ2n) is 6.93. The van der Waals surface area contributed by atoms with Gasteiger partial charge in [-0.15, -0.1) is 0 Å². The van der Waals surface area contributed by atoms with Crippen molar-refractivity contribution in [1.29, 1.82) is 0 Å². The van der Waals surface area contributed by atoms with E-state index in [4.69, 9.17) is 9.72 Å². The molecule has 2 heterocycles. The first-order chi connectivity index (χ1) is 12.2. The lowest BCUT2D eigenvalue weighted by Gasteiger charge is -2.33. The summed E-state index contributed by atoms with van der Waals surface area (Å²) in [4.78, 5) is 19.5. The molecular formula is C19H25N3O2S. The second kappa shape index (κ2) is 7.20. The lowest BCUT2D eigenvalue weighted by Crippen LogP contribution is -2.46. The number of ether oxygens (including phenoxy) is 1. The zero-order valence-electron chi connectivity index (χ0n) is 14.7. The molecule has 1 aliphatic carbocycles. The first-order valence-corrected chi connectivity index (χ1v) is 10.1. The van der Waals surface area contributed by atoms with E-state index in [0.717, 1.165) is 59.9 Å². The lowest BCUT2D eigenvalue weighted by atomic mass is 9.90. The van der Waals surface area contributed by atoms with Crippen LogP contribution in [0.5, 0.6) is 5.75 Å². The van der Waals surface area contributed by atoms with Gasteiger partial charge in [-0.05, 0) is 51.2 Å². The Kier molecular flexibility index (Phi) is 4.79. The average Bonchev–Trinajstić information content (AvgIpc) is 3.04. The van der Waals surface area contributed by atoms with Gasteiger partial charge in [-0.25, -0.2) is 4.98 Å². The van der Waals surface area contributed by atoms with Crippen LogP contribution in [0, 0.1) is 5.92 Å². The molecule has 25 heavy (non-hydrogen) atoms. The summed E-state index contributed by atoms with van der Waals surface area (Å²) in [7, 11) is 0. The van der Waals surface area contributed by atoms with Gasteiger partial charge in [0, 0.05) is 25.0 Å². The maximum Gasteiger partial charge on any atom is 0.223 e. The third-order valence-corrected chi connectivity index (χ3v) is 6.34. The molecule has 1 aliphatic heterocycles. The maximum atomic E-state index is 12.3. The van der Waals surface area contributed by atoms with Crippen LogP contribution in [0.2, 0.25) is 0 Å². The number of aromatic nitrogens is 1. The summed E-state index contributed by atoms with van der Waals surface area (Å²) in [6.45, 7) is 4.43. The van der Waals surface area contributed by atoms with Gasteiger partial charge >= 0.3 is 0 Å². The third-order valence-electron chi connectivity index (χ3n) is 5.26. The molecule has 1 amide bonds. The van der Waals surface area contributed by atoms with Crippen molar-refractivity contribution in [3.8, 4) is 5.75 Å². The van der Waals surface area contributed by atoms with E-state index in [1.54, 1.807) is 11.3 Å². The predicted molar refractivity (Wildman–Crippen MR) is 102 cm³/mol. The van der Waals surface area contributed by atoms with Crippen LogP contribution in [0.1, 0.15) is 39.0 Å². The van der Waals surface area contributed by atoms with Crippen LogP contribution < -0.4 is 15.0 Å². The molecule has 0 spiro atoms. The van der Waals surface area contributed by atoms with Crippen LogP contribution in [0.4, 0.5) is 5.13 Å². The first kappa shape index (κ1) is 16.6. The van der Waals surface area contributed by atoms with E-state index < -0.39 is 0 Å². The van der Waals surface area contributed by atoms with E-state index in [1.807, 2.05) is 19.1 Å². The summed E-state index contributed by atoms with van der Waals surface area (Å²) in [6, 6.07) is 6.53. The molecule has 1 saturated carbocycles. The van der Waals surface area contributed by atoms with Crippen LogP contribution in [0.15, 0.2) is 18.2 Å². The molecule has 2 aliphatic rings. The molecule has 6 heteroatoms. The number of piperidine rings is 1. The van der Waals surface area contributed by atoms with Gasteiger partial charge in [0.1, 0.15) is 11.3 Å². The van der Waals surface area contributed by atoms with Gasteiger partial charge < -0.3 is 15.0 Å². The van der Waals surface area contributed by atoms with Crippen LogP contribution in [0.3, 0.4) is 0 Å². The zero-order chi connectivity index (χ0) is 17.2. The summed E-state index contributed by atoms with van der Waals surface area (Å²) in [5, 5.41) is 4.24. The van der Waals surface area contributed by atoms with Gasteiger partial charge in [-0.2, -0.15) is 0 Å². The number of benzene rings is 1. The molecule has 1 aromatic heterocycles. The quantitative estimate of drug-likeness (QED) is 0.886. The molecule has 0 radical (unpaired) electrons. The van der Waals surface area contributed by atoms with Gasteiger partial charge in [0.25, 0.3) is 0 Å². The second-order valence-corrected chi connectivity index (χ2v) is 7.94. The molecule has 1 aromatic carbocycles. The molecule has 0 atom stereocenters. The van der Waals surface area contributed by atoms with Crippen molar-refractivity contribution >= 4 is 32.6 Å². The highest BCUT2D eigenvalue weighted by Crippen LogP contribution is 2.35. The Morgan fingerprint density at radius 2 is 2.12 bits per heavy atom. The van der Waals surface area contributed by atoms with Gasteiger partial charge in [-0.1, -0.05) is 17.4 Å². The van der Waals surface area contributed by atoms with E-state index in [0.29, 0.717) is 12.6 Å². The van der Waals surface area contributed by atoms with E-state index in [1.165, 1.54) is 6.42 Å². The monoisotopic (exact) mass is 359 g/mol. The van der Waals surface area contributed by atoms with Crippen LogP contribution in [0.25, 0.3) is 10.2 Å². The van der Waals surface area contributed by atoms with Crippen molar-refractivity contribution < 1.29 is 9.53 Å². The number of fused-ring (bicyclic) bond motifs is 1. The Labute approximate surface area is 152 Å². The highest BCUT2D eigenvalue weighted by molar-refractivity contribution is 7.22. The number of amides is 1. The van der Waals surface area contributed by atoms with Crippen molar-refractivity contribution in [3.05, 3.63) is 18.2 Å². The summed E-state index contributed by atoms with van der Waals surface area (Å²) in [6.07, 6.45) is 5.38. The molecule has 1 saturated heterocycles. The van der Waals surface area contributed by atoms with Gasteiger partial charge in [0.05, 0.1) is 11.3 Å². The van der Waals surface area contributed by atoms with Gasteiger partial charge in [-0.3, -0.25) is 4.79 Å². The number of thiazole rings is 1. The van der Waals surface area contributed by atoms with Crippen molar-refractivity contribution in [3.63, 3.8) is 0 Å². The predicted octanol–water partition coefficient (Wildman–Crippen LogP) is 3.58. The van der Waals surface area contributed by atoms with Crippen LogP contribution in [-0.2, 0) is 4.79 Å². The van der Waals surface area contributed by atoms with Crippen LogP contribution in [-0.4, -0.2) is 36.6 Å². The molecule has 1 N–H and O–H groups in total. The van der Waals surface area contributed by atoms with Gasteiger partial charge in [0.15, 0.2) is 5.13 Å². The van der Waals surface area contributed by atoms with E-state index in [-0.39, 0.29) is 11.8 Å². The van der Waals surface area contributed by atoms with Crippen molar-refractivity contribution in [2.75, 3.05) is 24.6 Å². The molecule has 0 unspecified atom stereocenters. The minimum atomic E-state index is 0.158. The number of rotatable bonds is 5. The maximum absolute atomic E-state index is 12.3. The Balaban J connectivity index is 1.41. The fourth-order valence-corrected chi connectivity index (χ4v) is 4.56. The molecule has 5 nitrogen and oxygen atoms in total. The summed E-state index contributed by atoms with van der Waals surface area (Å²) < 4.78 is 6.85. The average molecular weight is 359 g/mol. The smallest absolute Gasteiger partial charge is 0.223 e. The number of carbonyl (C=O) groups excluding carboxylic acids is 1. The van der Waals surface area contributed by atoms with E-state index >= 15 is 0 Å². The summed E-state index contributed by atoms with van der Waals surface area (Å²) in [5.74, 6) is 1.27. The van der Waals surface area contributed by atoms with Crippen LogP contribution >= 0.6 is 11.3 Å². The summed E-state index contributed by atoms with van der Waals surface area (Å²) in [5.41, 5.74) is 0.953. The van der Waals surface area contributed by atoms with Crippen molar-refractivity contribution in [2.45, 2.75) is 45.1 Å². The Morgan fingerprint density at radius 1 is 1.32 bits per heavy atom. The Hall–Kier alpha value is -1.82. The van der Waals surface area contributed by atoms with Crippen molar-refractivity contribution in [1.82, 2.24) is 10.3 Å². The minimum absolute atomic E-state index is 0.158. The number of para-hydroxylation sites is 1. The zero-order valence-corrected chi connectivity index (χ0v) is 15.5. The first-order valence-electron chi connectivity index (χ1n) is 9.32. The number of hydrogen-bond acceptors (Lipinski definition) is 5. The molecular weight excluding hydrogens is 334 g/mol. The molecule has 2 fully saturated rings. The number of hydrogen-bond donors (Lipinski definition) is 1. The van der Waals surface area contributed by atoms with Gasteiger partial charge in [0.2, 0.25) is 5.91 Å². The molecule has 0 bridgehead atoms. The number of anilines is 1. The number of nitrogens with zero attached hydrogens (tertiary/aromatic N) is 2. The number of nitrogens with one attached hydrogen (secondary N) is 1. The fourth-order valence-electron chi connectivity index (χ4n) is 3.52. The lowest BCUT2D eigenvalue weighted by molar-refractivity contribution is -0.126. The standard InChI is InChI=1S/C19H25N3O2S/c1-2-24-15-7-4-8-16-17(15)21-19(25-16)22-11-9-13(10-12-22)18(23)20-14-5-3-6-14/h4,7-8,13-14H,2-3,5-6,9-12H2,1H3,(H,20,23). The van der Waals surface area contributed by atoms with E-state index in [2.05, 4.69) is 16.3 Å². The van der Waals surface area contributed by atoms with E-state index in [9.17, 15) is 4.79 Å². The van der Waals surface area contributed by atoms with Crippen molar-refractivity contribution in [2.24, 2.45) is 5.92 Å². The highest BCUT2D eigenvalue weighted by Gasteiger charge is 2.29. The topological polar surface area (TPSA) is 54.5 Å². The summed E-state index contributed by atoms with van der Waals surface area (Å²) >= 11 is 1.71. The third kappa shape index (κ3) is 3.45. The molecule has 134 valence electrons. The molecule has 2 aromatic rings. The normalized spacial score (nSPS) is 19.0. The fraction of sp³-hybridized carbons (Fsp3) is 0.579. The SMILES string of the molecule is CCOc1cccc2sc(N3CCC(C(=O)NC4CCC4)CC3)nc12. The number of carbonyl (C=O) groups is 1. The largest absolute Gasteiger partial charge is 0.492 e. The Bertz CT molecular complexity index is 748. The highest BCUT2D eigenvalue weighted by atomic mass is 32.1. The Morgan fingerprint density at radius 3 is 2.80 bits per heavy atom. The molecule has 4 rings (SSSR count). The minimum Gasteiger partial charge on any atom is -0.492 e.